The lowest BCUT2D eigenvalue weighted by Crippen LogP contribution is -2.31. The highest BCUT2D eigenvalue weighted by Crippen LogP contribution is 2.34. The first-order chi connectivity index (χ1) is 13.6. The summed E-state index contributed by atoms with van der Waals surface area (Å²) in [5.41, 5.74) is 3.24. The molecule has 6 heteroatoms. The van der Waals surface area contributed by atoms with Crippen LogP contribution in [0.15, 0.2) is 30.5 Å². The molecule has 1 aromatic heterocycles. The highest BCUT2D eigenvalue weighted by Gasteiger charge is 2.21. The van der Waals surface area contributed by atoms with E-state index in [1.54, 1.807) is 20.4 Å². The number of amides is 1. The van der Waals surface area contributed by atoms with Crippen molar-refractivity contribution < 1.29 is 14.3 Å². The average molecular weight is 383 g/mol. The van der Waals surface area contributed by atoms with Gasteiger partial charge in [0.15, 0.2) is 11.5 Å². The fourth-order valence-electron chi connectivity index (χ4n) is 3.63. The molecular weight excluding hydrogens is 354 g/mol. The third-order valence-corrected chi connectivity index (χ3v) is 5.41. The van der Waals surface area contributed by atoms with Crippen LogP contribution in [0.5, 0.6) is 11.5 Å². The third kappa shape index (κ3) is 4.21. The fourth-order valence-corrected chi connectivity index (χ4v) is 3.63. The average Bonchev–Trinajstić information content (AvgIpc) is 2.73. The molecule has 1 aliphatic heterocycles. The van der Waals surface area contributed by atoms with Crippen LogP contribution in [-0.4, -0.2) is 31.7 Å². The van der Waals surface area contributed by atoms with E-state index in [2.05, 4.69) is 21.3 Å². The molecule has 3 rings (SSSR count). The van der Waals surface area contributed by atoms with Crippen LogP contribution in [0.4, 0.5) is 11.5 Å². The number of benzene rings is 1. The van der Waals surface area contributed by atoms with Crippen LogP contribution in [-0.2, 0) is 17.8 Å². The number of methoxy groups -OCH3 is 2. The number of pyridine rings is 1. The minimum Gasteiger partial charge on any atom is -0.493 e. The summed E-state index contributed by atoms with van der Waals surface area (Å²) >= 11 is 0. The predicted octanol–water partition coefficient (Wildman–Crippen LogP) is 4.04. The molecule has 0 atom stereocenters. The molecule has 2 heterocycles. The fraction of sp³-hybridized carbons (Fsp3) is 0.455. The molecule has 6 nitrogen and oxygen atoms in total. The topological polar surface area (TPSA) is 63.7 Å². The maximum Gasteiger partial charge on any atom is 0.227 e. The molecule has 0 saturated carbocycles. The summed E-state index contributed by atoms with van der Waals surface area (Å²) in [4.78, 5) is 19.0. The number of rotatable bonds is 7. The van der Waals surface area contributed by atoms with Gasteiger partial charge in [-0.15, -0.1) is 0 Å². The smallest absolute Gasteiger partial charge is 0.227 e. The zero-order chi connectivity index (χ0) is 20.1. The Morgan fingerprint density at radius 1 is 1.14 bits per heavy atom. The van der Waals surface area contributed by atoms with E-state index in [0.29, 0.717) is 0 Å². The lowest BCUT2D eigenvalue weighted by Gasteiger charge is -2.30. The van der Waals surface area contributed by atoms with Crippen LogP contribution in [0.1, 0.15) is 37.8 Å². The Balaban J connectivity index is 1.71. The van der Waals surface area contributed by atoms with Crippen molar-refractivity contribution in [2.75, 3.05) is 31.0 Å². The predicted molar refractivity (Wildman–Crippen MR) is 111 cm³/mol. The number of hydrogen-bond acceptors (Lipinski definition) is 5. The van der Waals surface area contributed by atoms with E-state index in [-0.39, 0.29) is 11.8 Å². The highest BCUT2D eigenvalue weighted by molar-refractivity contribution is 5.92. The second-order valence-electron chi connectivity index (χ2n) is 7.06. The summed E-state index contributed by atoms with van der Waals surface area (Å²) < 4.78 is 10.8. The Morgan fingerprint density at radius 3 is 2.39 bits per heavy atom. The van der Waals surface area contributed by atoms with E-state index in [4.69, 9.17) is 9.47 Å². The maximum absolute atomic E-state index is 12.2. The van der Waals surface area contributed by atoms with E-state index >= 15 is 0 Å². The monoisotopic (exact) mass is 383 g/mol. The minimum absolute atomic E-state index is 0.0465. The molecular formula is C22H29N3O3. The van der Waals surface area contributed by atoms with Crippen LogP contribution in [0.3, 0.4) is 0 Å². The first kappa shape index (κ1) is 20.0. The zero-order valence-corrected chi connectivity index (χ0v) is 17.1. The second kappa shape index (κ2) is 8.95. The van der Waals surface area contributed by atoms with Gasteiger partial charge in [-0.25, -0.2) is 4.98 Å². The molecule has 2 aromatic rings. The van der Waals surface area contributed by atoms with Gasteiger partial charge in [-0.1, -0.05) is 13.8 Å². The van der Waals surface area contributed by atoms with Gasteiger partial charge in [-0.05, 0) is 54.7 Å². The van der Waals surface area contributed by atoms with Crippen LogP contribution >= 0.6 is 0 Å². The molecule has 0 unspecified atom stereocenters. The number of carbonyl (C=O) groups is 1. The van der Waals surface area contributed by atoms with Gasteiger partial charge >= 0.3 is 0 Å². The van der Waals surface area contributed by atoms with Crippen molar-refractivity contribution in [3.8, 4) is 11.5 Å². The van der Waals surface area contributed by atoms with Crippen LogP contribution in [0, 0.1) is 5.92 Å². The molecule has 0 fully saturated rings. The number of aromatic nitrogens is 1. The van der Waals surface area contributed by atoms with Crippen molar-refractivity contribution in [3.63, 3.8) is 0 Å². The van der Waals surface area contributed by atoms with Gasteiger partial charge in [-0.2, -0.15) is 0 Å². The second-order valence-corrected chi connectivity index (χ2v) is 7.06. The number of anilines is 2. The molecule has 0 radical (unpaired) electrons. The zero-order valence-electron chi connectivity index (χ0n) is 17.1. The van der Waals surface area contributed by atoms with Gasteiger partial charge < -0.3 is 19.7 Å². The Hall–Kier alpha value is -2.76. The molecule has 1 N–H and O–H groups in total. The molecule has 0 spiro atoms. The SMILES string of the molecule is CCC(CC)C(=O)Nc1ccc(N2CCc3cc(OC)c(OC)cc3C2)nc1. The number of carbonyl (C=O) groups excluding carboxylic acids is 1. The van der Waals surface area contributed by atoms with E-state index in [1.807, 2.05) is 32.0 Å². The van der Waals surface area contributed by atoms with Gasteiger partial charge in [0.2, 0.25) is 5.91 Å². The van der Waals surface area contributed by atoms with Crippen molar-refractivity contribution >= 4 is 17.4 Å². The molecule has 0 bridgehead atoms. The van der Waals surface area contributed by atoms with E-state index in [0.717, 1.165) is 55.4 Å². The van der Waals surface area contributed by atoms with Crippen molar-refractivity contribution in [2.45, 2.75) is 39.7 Å². The molecule has 150 valence electrons. The van der Waals surface area contributed by atoms with E-state index < -0.39 is 0 Å². The van der Waals surface area contributed by atoms with Crippen LogP contribution in [0.2, 0.25) is 0 Å². The number of fused-ring (bicyclic) bond motifs is 1. The molecule has 1 aliphatic rings. The number of nitrogens with one attached hydrogen (secondary N) is 1. The number of hydrogen-bond donors (Lipinski definition) is 1. The van der Waals surface area contributed by atoms with Crippen LogP contribution in [0.25, 0.3) is 0 Å². The van der Waals surface area contributed by atoms with Crippen LogP contribution < -0.4 is 19.7 Å². The van der Waals surface area contributed by atoms with E-state index in [9.17, 15) is 4.79 Å². The van der Waals surface area contributed by atoms with Gasteiger partial charge in [0.1, 0.15) is 5.82 Å². The quantitative estimate of drug-likeness (QED) is 0.782. The summed E-state index contributed by atoms with van der Waals surface area (Å²) in [5.74, 6) is 2.53. The number of nitrogens with zero attached hydrogens (tertiary/aromatic N) is 2. The Bertz CT molecular complexity index is 817. The first-order valence-corrected chi connectivity index (χ1v) is 9.85. The van der Waals surface area contributed by atoms with E-state index in [1.165, 1.54) is 11.1 Å². The maximum atomic E-state index is 12.2. The first-order valence-electron chi connectivity index (χ1n) is 9.85. The van der Waals surface area contributed by atoms with Crippen molar-refractivity contribution in [1.82, 2.24) is 4.98 Å². The largest absolute Gasteiger partial charge is 0.493 e. The summed E-state index contributed by atoms with van der Waals surface area (Å²) in [5, 5.41) is 2.97. The summed E-state index contributed by atoms with van der Waals surface area (Å²) in [6.07, 6.45) is 4.34. The summed E-state index contributed by atoms with van der Waals surface area (Å²) in [7, 11) is 3.31. The molecule has 1 aromatic carbocycles. The van der Waals surface area contributed by atoms with Gasteiger partial charge in [-0.3, -0.25) is 4.79 Å². The lowest BCUT2D eigenvalue weighted by molar-refractivity contribution is -0.120. The Kier molecular flexibility index (Phi) is 6.39. The molecule has 1 amide bonds. The Labute approximate surface area is 166 Å². The Morgan fingerprint density at radius 2 is 1.82 bits per heavy atom. The normalized spacial score (nSPS) is 13.2. The summed E-state index contributed by atoms with van der Waals surface area (Å²) in [6, 6.07) is 8.00. The highest BCUT2D eigenvalue weighted by atomic mass is 16.5. The van der Waals surface area contributed by atoms with Crippen molar-refractivity contribution in [2.24, 2.45) is 5.92 Å². The van der Waals surface area contributed by atoms with Gasteiger partial charge in [0, 0.05) is 19.0 Å². The lowest BCUT2D eigenvalue weighted by atomic mass is 9.99. The van der Waals surface area contributed by atoms with Crippen molar-refractivity contribution in [1.29, 1.82) is 0 Å². The minimum atomic E-state index is 0.0465. The molecule has 0 saturated heterocycles. The van der Waals surface area contributed by atoms with Gasteiger partial charge in [0.05, 0.1) is 26.1 Å². The number of ether oxygens (including phenoxy) is 2. The molecule has 28 heavy (non-hydrogen) atoms. The molecule has 0 aliphatic carbocycles. The third-order valence-electron chi connectivity index (χ3n) is 5.41. The van der Waals surface area contributed by atoms with Gasteiger partial charge in [0.25, 0.3) is 0 Å². The standard InChI is InChI=1S/C22H29N3O3/c1-5-15(6-2)22(26)24-18-7-8-21(23-13-18)25-10-9-16-11-19(27-3)20(28-4)12-17(16)14-25/h7-8,11-13,15H,5-6,9-10,14H2,1-4H3,(H,24,26). The summed E-state index contributed by atoms with van der Waals surface area (Å²) in [6.45, 7) is 5.72. The van der Waals surface area contributed by atoms with Crippen molar-refractivity contribution in [3.05, 3.63) is 41.6 Å².